The third-order valence-electron chi connectivity index (χ3n) is 4.42. The van der Waals surface area contributed by atoms with Crippen LogP contribution in [0, 0.1) is 0 Å². The van der Waals surface area contributed by atoms with Crippen molar-refractivity contribution in [3.05, 3.63) is 64.8 Å². The van der Waals surface area contributed by atoms with Crippen molar-refractivity contribution in [1.82, 2.24) is 30.1 Å². The van der Waals surface area contributed by atoms with E-state index in [1.54, 1.807) is 6.07 Å². The number of rotatable bonds is 7. The van der Waals surface area contributed by atoms with Crippen LogP contribution in [0.4, 0.5) is 0 Å². The number of carbonyl (C=O) groups excluding carboxylic acids is 1. The molecule has 3 aromatic heterocycles. The third-order valence-corrected chi connectivity index (χ3v) is 4.79. The van der Waals surface area contributed by atoms with Gasteiger partial charge >= 0.3 is 0 Å². The first-order valence-corrected chi connectivity index (χ1v) is 9.68. The first-order chi connectivity index (χ1) is 14.1. The summed E-state index contributed by atoms with van der Waals surface area (Å²) < 4.78 is 7.13. The van der Waals surface area contributed by atoms with E-state index in [1.165, 1.54) is 0 Å². The first-order valence-electron chi connectivity index (χ1n) is 9.30. The molecule has 4 aromatic rings. The summed E-state index contributed by atoms with van der Waals surface area (Å²) in [6.07, 6.45) is 3.75. The molecule has 0 spiro atoms. The Morgan fingerprint density at radius 1 is 1.24 bits per heavy atom. The van der Waals surface area contributed by atoms with Gasteiger partial charge in [-0.25, -0.2) is 0 Å². The van der Waals surface area contributed by atoms with E-state index in [2.05, 4.69) is 32.6 Å². The molecule has 1 aromatic carbocycles. The molecule has 0 saturated heterocycles. The average molecular weight is 411 g/mol. The molecular formula is C20H19ClN6O2. The van der Waals surface area contributed by atoms with E-state index in [9.17, 15) is 4.79 Å². The number of benzene rings is 1. The lowest BCUT2D eigenvalue weighted by Crippen LogP contribution is -2.25. The van der Waals surface area contributed by atoms with Gasteiger partial charge in [-0.1, -0.05) is 41.9 Å². The highest BCUT2D eigenvalue weighted by Crippen LogP contribution is 2.19. The maximum absolute atomic E-state index is 12.2. The monoisotopic (exact) mass is 410 g/mol. The molecule has 0 fully saturated rings. The molecule has 1 amide bonds. The summed E-state index contributed by atoms with van der Waals surface area (Å²) in [5.74, 6) is 1.62. The summed E-state index contributed by atoms with van der Waals surface area (Å²) >= 11 is 6.11. The molecule has 0 aliphatic heterocycles. The maximum Gasteiger partial charge on any atom is 0.258 e. The highest BCUT2D eigenvalue weighted by molar-refractivity contribution is 6.31. The zero-order chi connectivity index (χ0) is 20.2. The molecule has 0 saturated carbocycles. The van der Waals surface area contributed by atoms with E-state index in [1.807, 2.05) is 40.9 Å². The number of nitrogens with zero attached hydrogens (tertiary/aromatic N) is 5. The Kier molecular flexibility index (Phi) is 5.53. The van der Waals surface area contributed by atoms with Gasteiger partial charge in [-0.15, -0.1) is 10.2 Å². The Morgan fingerprint density at radius 2 is 2.10 bits per heavy atom. The molecule has 1 N–H and O–H groups in total. The zero-order valence-corrected chi connectivity index (χ0v) is 16.6. The summed E-state index contributed by atoms with van der Waals surface area (Å²) in [5.41, 5.74) is 2.19. The fraction of sp³-hybridized carbons (Fsp3) is 0.250. The molecule has 0 aliphatic rings. The Morgan fingerprint density at radius 3 is 2.93 bits per heavy atom. The molecule has 0 bridgehead atoms. The van der Waals surface area contributed by atoms with Crippen molar-refractivity contribution in [2.24, 2.45) is 0 Å². The van der Waals surface area contributed by atoms with E-state index in [0.717, 1.165) is 24.0 Å². The Bertz CT molecular complexity index is 1150. The minimum absolute atomic E-state index is 0.138. The quantitative estimate of drug-likeness (QED) is 0.502. The van der Waals surface area contributed by atoms with Gasteiger partial charge in [0.25, 0.3) is 5.89 Å². The lowest BCUT2D eigenvalue weighted by Gasteiger charge is -2.06. The number of hydrogen-bond donors (Lipinski definition) is 1. The second-order valence-corrected chi connectivity index (χ2v) is 6.98. The van der Waals surface area contributed by atoms with Gasteiger partial charge in [-0.3, -0.25) is 9.20 Å². The fourth-order valence-corrected chi connectivity index (χ4v) is 3.15. The number of amides is 1. The number of aryl methyl sites for hydroxylation is 1. The number of fused-ring (bicyclic) bond motifs is 1. The standard InChI is InChI=1S/C20H19ClN6O2/c1-2-5-16-23-20(29-26-16)14-8-9-27-17(10-14)24-25-18(27)12-22-19(28)11-13-6-3-4-7-15(13)21/h3-4,6-10H,2,5,11-12H2,1H3,(H,22,28). The number of nitrogens with one attached hydrogen (secondary N) is 1. The van der Waals surface area contributed by atoms with Crippen LogP contribution in [0.25, 0.3) is 17.1 Å². The van der Waals surface area contributed by atoms with Crippen molar-refractivity contribution in [1.29, 1.82) is 0 Å². The van der Waals surface area contributed by atoms with Gasteiger partial charge in [-0.05, 0) is 30.2 Å². The highest BCUT2D eigenvalue weighted by Gasteiger charge is 2.13. The van der Waals surface area contributed by atoms with Gasteiger partial charge in [0.15, 0.2) is 17.3 Å². The molecular weight excluding hydrogens is 392 g/mol. The number of pyridine rings is 1. The fourth-order valence-electron chi connectivity index (χ4n) is 2.95. The summed E-state index contributed by atoms with van der Waals surface area (Å²) in [5, 5.41) is 15.7. The number of aromatic nitrogens is 5. The van der Waals surface area contributed by atoms with Crippen LogP contribution < -0.4 is 5.32 Å². The molecule has 0 unspecified atom stereocenters. The molecule has 148 valence electrons. The third kappa shape index (κ3) is 4.27. The normalized spacial score (nSPS) is 11.1. The Hall–Kier alpha value is -3.26. The molecule has 0 radical (unpaired) electrons. The minimum Gasteiger partial charge on any atom is -0.348 e. The predicted molar refractivity (Wildman–Crippen MR) is 107 cm³/mol. The summed E-state index contributed by atoms with van der Waals surface area (Å²) in [6, 6.07) is 11.0. The van der Waals surface area contributed by atoms with Crippen molar-refractivity contribution in [3.8, 4) is 11.5 Å². The van der Waals surface area contributed by atoms with Crippen LogP contribution in [0.3, 0.4) is 0 Å². The predicted octanol–water partition coefficient (Wildman–Crippen LogP) is 3.24. The summed E-state index contributed by atoms with van der Waals surface area (Å²) in [7, 11) is 0. The van der Waals surface area contributed by atoms with Gasteiger partial charge in [0.2, 0.25) is 5.91 Å². The van der Waals surface area contributed by atoms with E-state index < -0.39 is 0 Å². The molecule has 9 heteroatoms. The number of carbonyl (C=O) groups is 1. The van der Waals surface area contributed by atoms with Gasteiger partial charge in [0.1, 0.15) is 0 Å². The first kappa shape index (κ1) is 19.1. The van der Waals surface area contributed by atoms with Crippen molar-refractivity contribution in [2.75, 3.05) is 0 Å². The van der Waals surface area contributed by atoms with Gasteiger partial charge < -0.3 is 9.84 Å². The molecule has 3 heterocycles. The topological polar surface area (TPSA) is 98.2 Å². The molecule has 8 nitrogen and oxygen atoms in total. The highest BCUT2D eigenvalue weighted by atomic mass is 35.5. The van der Waals surface area contributed by atoms with Crippen LogP contribution in [0.1, 0.15) is 30.6 Å². The second kappa shape index (κ2) is 8.40. The second-order valence-electron chi connectivity index (χ2n) is 6.57. The van der Waals surface area contributed by atoms with E-state index in [4.69, 9.17) is 16.1 Å². The number of hydrogen-bond acceptors (Lipinski definition) is 6. The summed E-state index contributed by atoms with van der Waals surface area (Å²) in [6.45, 7) is 2.32. The lowest BCUT2D eigenvalue weighted by atomic mass is 10.1. The van der Waals surface area contributed by atoms with Crippen LogP contribution >= 0.6 is 11.6 Å². The van der Waals surface area contributed by atoms with Gasteiger partial charge in [-0.2, -0.15) is 4.98 Å². The van der Waals surface area contributed by atoms with Crippen LogP contribution in [0.15, 0.2) is 47.1 Å². The smallest absolute Gasteiger partial charge is 0.258 e. The van der Waals surface area contributed by atoms with E-state index in [-0.39, 0.29) is 18.9 Å². The van der Waals surface area contributed by atoms with Crippen LogP contribution in [0.5, 0.6) is 0 Å². The maximum atomic E-state index is 12.2. The van der Waals surface area contributed by atoms with Crippen LogP contribution in [-0.4, -0.2) is 30.6 Å². The summed E-state index contributed by atoms with van der Waals surface area (Å²) in [4.78, 5) is 16.6. The molecule has 0 atom stereocenters. The number of halogens is 1. The zero-order valence-electron chi connectivity index (χ0n) is 15.8. The van der Waals surface area contributed by atoms with Crippen LogP contribution in [0.2, 0.25) is 5.02 Å². The molecule has 29 heavy (non-hydrogen) atoms. The van der Waals surface area contributed by atoms with Crippen LogP contribution in [-0.2, 0) is 24.2 Å². The lowest BCUT2D eigenvalue weighted by molar-refractivity contribution is -0.120. The SMILES string of the molecule is CCCc1noc(-c2ccn3c(CNC(=O)Cc4ccccc4Cl)nnc3c2)n1. The van der Waals surface area contributed by atoms with Crippen molar-refractivity contribution in [3.63, 3.8) is 0 Å². The average Bonchev–Trinajstić information content (AvgIpc) is 3.35. The Balaban J connectivity index is 1.45. The Labute approximate surface area is 171 Å². The van der Waals surface area contributed by atoms with Gasteiger partial charge in [0.05, 0.1) is 13.0 Å². The van der Waals surface area contributed by atoms with Gasteiger partial charge in [0, 0.05) is 23.2 Å². The van der Waals surface area contributed by atoms with E-state index >= 15 is 0 Å². The van der Waals surface area contributed by atoms with Crippen molar-refractivity contribution in [2.45, 2.75) is 32.7 Å². The van der Waals surface area contributed by atoms with Crippen molar-refractivity contribution >= 4 is 23.2 Å². The largest absolute Gasteiger partial charge is 0.348 e. The van der Waals surface area contributed by atoms with Crippen molar-refractivity contribution < 1.29 is 9.32 Å². The minimum atomic E-state index is -0.138. The van der Waals surface area contributed by atoms with E-state index in [0.29, 0.717) is 28.2 Å². The molecule has 0 aliphatic carbocycles. The molecule has 4 rings (SSSR count).